The van der Waals surface area contributed by atoms with Crippen LogP contribution in [0.5, 0.6) is 0 Å². The average Bonchev–Trinajstić information content (AvgIpc) is 3.38. The molecule has 4 rings (SSSR count). The lowest BCUT2D eigenvalue weighted by Crippen LogP contribution is -2.30. The molecule has 1 aliphatic carbocycles. The smallest absolute Gasteiger partial charge is 0.377 e. The van der Waals surface area contributed by atoms with Crippen LogP contribution in [-0.2, 0) is 13.1 Å². The van der Waals surface area contributed by atoms with Gasteiger partial charge < -0.3 is 10.6 Å². The maximum absolute atomic E-state index is 12.7. The van der Waals surface area contributed by atoms with Gasteiger partial charge in [-0.05, 0) is 42.2 Å². The Hall–Kier alpha value is -3.14. The number of carbonyl (C=O) groups is 1. The van der Waals surface area contributed by atoms with Crippen molar-refractivity contribution in [3.05, 3.63) is 63.2 Å². The van der Waals surface area contributed by atoms with E-state index in [1.807, 2.05) is 0 Å². The third-order valence-electron chi connectivity index (χ3n) is 5.09. The molecule has 0 aromatic heterocycles. The second kappa shape index (κ2) is 7.60. The van der Waals surface area contributed by atoms with Crippen molar-refractivity contribution in [3.8, 4) is 0 Å². The summed E-state index contributed by atoms with van der Waals surface area (Å²) in [6, 6.07) is 9.43. The van der Waals surface area contributed by atoms with Crippen LogP contribution < -0.4 is 10.6 Å². The first-order valence-corrected chi connectivity index (χ1v) is 9.46. The molecule has 1 fully saturated rings. The molecule has 1 saturated carbocycles. The normalized spacial score (nSPS) is 16.2. The fourth-order valence-corrected chi connectivity index (χ4v) is 3.56. The number of alkyl halides is 3. The van der Waals surface area contributed by atoms with Crippen LogP contribution in [0.3, 0.4) is 0 Å². The maximum Gasteiger partial charge on any atom is 0.401 e. The first-order chi connectivity index (χ1) is 14.2. The van der Waals surface area contributed by atoms with Crippen molar-refractivity contribution < 1.29 is 22.9 Å². The van der Waals surface area contributed by atoms with E-state index in [-0.39, 0.29) is 30.4 Å². The summed E-state index contributed by atoms with van der Waals surface area (Å²) in [4.78, 5) is 24.8. The number of nitro groups is 1. The van der Waals surface area contributed by atoms with E-state index in [2.05, 4.69) is 10.6 Å². The van der Waals surface area contributed by atoms with E-state index >= 15 is 0 Å². The predicted octanol–water partition coefficient (Wildman–Crippen LogP) is 4.30. The van der Waals surface area contributed by atoms with Crippen LogP contribution in [0.25, 0.3) is 0 Å². The Labute approximate surface area is 170 Å². The monoisotopic (exact) mass is 420 g/mol. The van der Waals surface area contributed by atoms with Gasteiger partial charge in [-0.1, -0.05) is 12.1 Å². The summed E-state index contributed by atoms with van der Waals surface area (Å²) < 4.78 is 38.1. The Kier molecular flexibility index (Phi) is 5.10. The quantitative estimate of drug-likeness (QED) is 0.538. The van der Waals surface area contributed by atoms with Gasteiger partial charge in [-0.2, -0.15) is 13.2 Å². The number of nitrogens with one attached hydrogen (secondary N) is 2. The summed E-state index contributed by atoms with van der Waals surface area (Å²) in [7, 11) is 0. The lowest BCUT2D eigenvalue weighted by molar-refractivity contribution is -0.384. The molecule has 1 heterocycles. The maximum atomic E-state index is 12.7. The number of rotatable bonds is 6. The fourth-order valence-electron chi connectivity index (χ4n) is 3.56. The number of hydrogen-bond acceptors (Lipinski definition) is 5. The van der Waals surface area contributed by atoms with Gasteiger partial charge in [0.05, 0.1) is 11.5 Å². The molecule has 1 amide bonds. The van der Waals surface area contributed by atoms with Gasteiger partial charge in [0.2, 0.25) is 0 Å². The summed E-state index contributed by atoms with van der Waals surface area (Å²) >= 11 is 0. The Morgan fingerprint density at radius 2 is 1.93 bits per heavy atom. The molecule has 30 heavy (non-hydrogen) atoms. The standard InChI is InChI=1S/C20H19F3N4O3/c21-20(22,23)11-26-9-13-2-1-3-16(15(13)10-26)25-19(28)12-4-7-17(24-14-5-6-14)18(8-12)27(29)30/h1-4,7-8,14,24H,5-6,9-11H2,(H,25,28). The van der Waals surface area contributed by atoms with Crippen LogP contribution in [0.2, 0.25) is 0 Å². The molecular formula is C20H19F3N4O3. The van der Waals surface area contributed by atoms with Crippen molar-refractivity contribution in [2.75, 3.05) is 17.2 Å². The Morgan fingerprint density at radius 1 is 1.17 bits per heavy atom. The van der Waals surface area contributed by atoms with Gasteiger partial charge >= 0.3 is 6.18 Å². The van der Waals surface area contributed by atoms with E-state index in [0.29, 0.717) is 22.5 Å². The molecular weight excluding hydrogens is 401 g/mol. The fraction of sp³-hybridized carbons (Fsp3) is 0.350. The van der Waals surface area contributed by atoms with E-state index in [1.165, 1.54) is 23.1 Å². The van der Waals surface area contributed by atoms with E-state index in [0.717, 1.165) is 12.8 Å². The van der Waals surface area contributed by atoms with Crippen molar-refractivity contribution in [1.29, 1.82) is 0 Å². The molecule has 1 aliphatic heterocycles. The van der Waals surface area contributed by atoms with Crippen molar-refractivity contribution in [1.82, 2.24) is 4.90 Å². The molecule has 2 aromatic carbocycles. The average molecular weight is 420 g/mol. The van der Waals surface area contributed by atoms with E-state index < -0.39 is 23.6 Å². The van der Waals surface area contributed by atoms with Gasteiger partial charge in [0.15, 0.2) is 0 Å². The van der Waals surface area contributed by atoms with Crippen molar-refractivity contribution in [3.63, 3.8) is 0 Å². The number of halogens is 3. The molecule has 0 bridgehead atoms. The lowest BCUT2D eigenvalue weighted by Gasteiger charge is -2.17. The van der Waals surface area contributed by atoms with Crippen molar-refractivity contribution in [2.24, 2.45) is 0 Å². The van der Waals surface area contributed by atoms with E-state index in [9.17, 15) is 28.1 Å². The van der Waals surface area contributed by atoms with Gasteiger partial charge in [0.1, 0.15) is 5.69 Å². The number of fused-ring (bicyclic) bond motifs is 1. The van der Waals surface area contributed by atoms with Gasteiger partial charge in [0, 0.05) is 36.4 Å². The largest absolute Gasteiger partial charge is 0.401 e. The van der Waals surface area contributed by atoms with Crippen LogP contribution in [0.15, 0.2) is 36.4 Å². The number of benzene rings is 2. The summed E-state index contributed by atoms with van der Waals surface area (Å²) in [5.74, 6) is -0.557. The number of nitrogens with zero attached hydrogens (tertiary/aromatic N) is 2. The lowest BCUT2D eigenvalue weighted by atomic mass is 10.1. The van der Waals surface area contributed by atoms with Gasteiger partial charge in [-0.25, -0.2) is 0 Å². The van der Waals surface area contributed by atoms with Crippen LogP contribution in [0.1, 0.15) is 34.3 Å². The zero-order valence-electron chi connectivity index (χ0n) is 15.8. The highest BCUT2D eigenvalue weighted by Crippen LogP contribution is 2.33. The third kappa shape index (κ3) is 4.54. The first-order valence-electron chi connectivity index (χ1n) is 9.46. The zero-order chi connectivity index (χ0) is 21.5. The van der Waals surface area contributed by atoms with Crippen LogP contribution in [0, 0.1) is 10.1 Å². The van der Waals surface area contributed by atoms with Gasteiger partial charge in [-0.15, -0.1) is 0 Å². The summed E-state index contributed by atoms with van der Waals surface area (Å²) in [5, 5.41) is 17.2. The van der Waals surface area contributed by atoms with Crippen molar-refractivity contribution in [2.45, 2.75) is 38.1 Å². The minimum atomic E-state index is -4.30. The highest BCUT2D eigenvalue weighted by Gasteiger charge is 2.34. The molecule has 2 aromatic rings. The molecule has 0 saturated heterocycles. The van der Waals surface area contributed by atoms with Crippen LogP contribution >= 0.6 is 0 Å². The summed E-state index contributed by atoms with van der Waals surface area (Å²) in [6.45, 7) is -0.821. The first kappa shape index (κ1) is 20.1. The minimum absolute atomic E-state index is 0.0652. The molecule has 0 atom stereocenters. The number of anilines is 2. The van der Waals surface area contributed by atoms with Crippen molar-refractivity contribution >= 4 is 23.0 Å². The highest BCUT2D eigenvalue weighted by molar-refractivity contribution is 6.05. The molecule has 158 valence electrons. The predicted molar refractivity (Wildman–Crippen MR) is 104 cm³/mol. The van der Waals surface area contributed by atoms with Crippen LogP contribution in [0.4, 0.5) is 30.2 Å². The summed E-state index contributed by atoms with van der Waals surface area (Å²) in [5.41, 5.74) is 2.02. The molecule has 10 heteroatoms. The molecule has 0 unspecified atom stereocenters. The Bertz CT molecular complexity index is 1010. The zero-order valence-corrected chi connectivity index (χ0v) is 15.8. The molecule has 7 nitrogen and oxygen atoms in total. The Balaban J connectivity index is 1.52. The number of amides is 1. The molecule has 2 aliphatic rings. The Morgan fingerprint density at radius 3 is 2.60 bits per heavy atom. The van der Waals surface area contributed by atoms with E-state index in [4.69, 9.17) is 0 Å². The number of carbonyl (C=O) groups excluding carboxylic acids is 1. The minimum Gasteiger partial charge on any atom is -0.377 e. The second-order valence-corrected chi connectivity index (χ2v) is 7.57. The summed E-state index contributed by atoms with van der Waals surface area (Å²) in [6.07, 6.45) is -2.41. The highest BCUT2D eigenvalue weighted by atomic mass is 19.4. The molecule has 0 radical (unpaired) electrons. The topological polar surface area (TPSA) is 87.5 Å². The number of nitro benzene ring substituents is 1. The second-order valence-electron chi connectivity index (χ2n) is 7.57. The SMILES string of the molecule is O=C(Nc1cccc2c1CN(CC(F)(F)F)C2)c1ccc(NC2CC2)c([N+](=O)[O-])c1. The molecule has 0 spiro atoms. The number of hydrogen-bond donors (Lipinski definition) is 2. The third-order valence-corrected chi connectivity index (χ3v) is 5.09. The van der Waals surface area contributed by atoms with Crippen LogP contribution in [-0.4, -0.2) is 34.5 Å². The van der Waals surface area contributed by atoms with E-state index in [1.54, 1.807) is 18.2 Å². The van der Waals surface area contributed by atoms with Gasteiger partial charge in [-0.3, -0.25) is 19.8 Å². The molecule has 2 N–H and O–H groups in total. The van der Waals surface area contributed by atoms with Gasteiger partial charge in [0.25, 0.3) is 11.6 Å².